The minimum absolute atomic E-state index is 0.0822. The summed E-state index contributed by atoms with van der Waals surface area (Å²) in [5.74, 6) is -0.166. The second kappa shape index (κ2) is 4.53. The average molecular weight is 268 g/mol. The maximum absolute atomic E-state index is 13.1. The lowest BCUT2D eigenvalue weighted by molar-refractivity contribution is 0.508. The highest BCUT2D eigenvalue weighted by atomic mass is 32.2. The van der Waals surface area contributed by atoms with Gasteiger partial charge < -0.3 is 5.32 Å². The predicted molar refractivity (Wildman–Crippen MR) is 71.1 cm³/mol. The monoisotopic (exact) mass is 268 g/mol. The van der Waals surface area contributed by atoms with Crippen LogP contribution in [0.4, 0.5) is 14.5 Å². The van der Waals surface area contributed by atoms with Crippen molar-refractivity contribution >= 4 is 22.6 Å². The van der Waals surface area contributed by atoms with E-state index in [2.05, 4.69) is 5.32 Å². The topological polar surface area (TPSA) is 24.4 Å². The summed E-state index contributed by atoms with van der Waals surface area (Å²) < 4.78 is 26.1. The van der Waals surface area contributed by atoms with E-state index in [0.717, 1.165) is 29.8 Å². The van der Waals surface area contributed by atoms with E-state index in [1.165, 1.54) is 25.0 Å². The summed E-state index contributed by atoms with van der Waals surface area (Å²) >= 11 is 1.64. The number of halogens is 2. The third-order valence-electron chi connectivity index (χ3n) is 3.46. The lowest BCUT2D eigenvalue weighted by atomic mass is 10.0. The Balaban J connectivity index is 1.77. The Morgan fingerprint density at radius 3 is 2.44 bits per heavy atom. The summed E-state index contributed by atoms with van der Waals surface area (Å²) in [6.07, 6.45) is 4.71. The molecule has 1 aromatic rings. The second-order valence-electron chi connectivity index (χ2n) is 4.92. The molecule has 1 aliphatic carbocycles. The van der Waals surface area contributed by atoms with Gasteiger partial charge in [-0.15, -0.1) is 0 Å². The number of nitrogens with zero attached hydrogens (tertiary/aromatic N) is 1. The fourth-order valence-corrected chi connectivity index (χ4v) is 3.79. The highest BCUT2D eigenvalue weighted by Crippen LogP contribution is 2.41. The van der Waals surface area contributed by atoms with E-state index >= 15 is 0 Å². The van der Waals surface area contributed by atoms with E-state index in [9.17, 15) is 8.78 Å². The van der Waals surface area contributed by atoms with Crippen LogP contribution in [-0.2, 0) is 0 Å². The van der Waals surface area contributed by atoms with Gasteiger partial charge in [0, 0.05) is 17.5 Å². The molecule has 2 aliphatic rings. The second-order valence-corrected chi connectivity index (χ2v) is 5.88. The number of hydrogen-bond acceptors (Lipinski definition) is 3. The molecule has 0 aromatic heterocycles. The van der Waals surface area contributed by atoms with Gasteiger partial charge in [-0.2, -0.15) is 0 Å². The maximum Gasteiger partial charge on any atom is 0.161 e. The molecule has 1 aliphatic heterocycles. The zero-order valence-corrected chi connectivity index (χ0v) is 10.7. The Morgan fingerprint density at radius 1 is 1.11 bits per heavy atom. The van der Waals surface area contributed by atoms with Crippen LogP contribution in [0.5, 0.6) is 0 Å². The summed E-state index contributed by atoms with van der Waals surface area (Å²) in [6, 6.07) is 3.44. The molecular formula is C13H14F2N2S. The fraction of sp³-hybridized carbons (Fsp3) is 0.462. The summed E-state index contributed by atoms with van der Waals surface area (Å²) in [7, 11) is 0. The van der Waals surface area contributed by atoms with Crippen molar-refractivity contribution in [2.75, 3.05) is 11.1 Å². The van der Waals surface area contributed by atoms with E-state index < -0.39 is 11.6 Å². The molecule has 1 fully saturated rings. The van der Waals surface area contributed by atoms with Crippen LogP contribution >= 0.6 is 11.8 Å². The van der Waals surface area contributed by atoms with E-state index in [1.54, 1.807) is 11.8 Å². The summed E-state index contributed by atoms with van der Waals surface area (Å²) in [4.78, 5) is 4.70. The first-order chi connectivity index (χ1) is 8.65. The number of hydrogen-bond donors (Lipinski definition) is 1. The SMILES string of the molecule is Fc1cc(F)cc(NC2=NC3(CCCC3)CS2)c1. The minimum atomic E-state index is -0.573. The molecule has 0 bridgehead atoms. The van der Waals surface area contributed by atoms with Crippen molar-refractivity contribution in [2.24, 2.45) is 4.99 Å². The molecule has 0 unspecified atom stereocenters. The molecule has 1 heterocycles. The Kier molecular flexibility index (Phi) is 3.01. The van der Waals surface area contributed by atoms with Crippen LogP contribution < -0.4 is 5.32 Å². The average Bonchev–Trinajstić information content (AvgIpc) is 2.89. The van der Waals surface area contributed by atoms with E-state index in [4.69, 9.17) is 4.99 Å². The van der Waals surface area contributed by atoms with Gasteiger partial charge in [0.05, 0.1) is 5.54 Å². The molecule has 0 amide bonds. The molecule has 1 aromatic carbocycles. The van der Waals surface area contributed by atoms with Crippen LogP contribution in [0.2, 0.25) is 0 Å². The van der Waals surface area contributed by atoms with Gasteiger partial charge in [-0.1, -0.05) is 24.6 Å². The van der Waals surface area contributed by atoms with Crippen molar-refractivity contribution in [3.05, 3.63) is 29.8 Å². The van der Waals surface area contributed by atoms with Gasteiger partial charge >= 0.3 is 0 Å². The van der Waals surface area contributed by atoms with Crippen molar-refractivity contribution < 1.29 is 8.78 Å². The molecule has 0 radical (unpaired) electrons. The van der Waals surface area contributed by atoms with Crippen LogP contribution in [0.3, 0.4) is 0 Å². The first-order valence-corrected chi connectivity index (χ1v) is 7.10. The van der Waals surface area contributed by atoms with Gasteiger partial charge in [0.2, 0.25) is 0 Å². The first-order valence-electron chi connectivity index (χ1n) is 6.11. The van der Waals surface area contributed by atoms with Gasteiger partial charge in [-0.3, -0.25) is 4.99 Å². The largest absolute Gasteiger partial charge is 0.335 e. The molecule has 18 heavy (non-hydrogen) atoms. The van der Waals surface area contributed by atoms with Crippen molar-refractivity contribution in [1.82, 2.24) is 0 Å². The van der Waals surface area contributed by atoms with E-state index in [1.807, 2.05) is 0 Å². The number of benzene rings is 1. The zero-order chi connectivity index (χ0) is 12.6. The lowest BCUT2D eigenvalue weighted by Gasteiger charge is -2.16. The van der Waals surface area contributed by atoms with Gasteiger partial charge in [0.25, 0.3) is 0 Å². The molecule has 2 nitrogen and oxygen atoms in total. The van der Waals surface area contributed by atoms with Crippen molar-refractivity contribution in [2.45, 2.75) is 31.2 Å². The number of anilines is 1. The Labute approximate surface area is 109 Å². The Hall–Kier alpha value is -1.10. The number of amidine groups is 1. The minimum Gasteiger partial charge on any atom is -0.335 e. The number of thioether (sulfide) groups is 1. The van der Waals surface area contributed by atoms with Crippen LogP contribution in [0.25, 0.3) is 0 Å². The van der Waals surface area contributed by atoms with Gasteiger partial charge in [-0.05, 0) is 25.0 Å². The number of aliphatic imine (C=N–C) groups is 1. The molecule has 3 rings (SSSR count). The van der Waals surface area contributed by atoms with Gasteiger partial charge in [0.15, 0.2) is 5.17 Å². The standard InChI is InChI=1S/C13H14F2N2S/c14-9-5-10(15)7-11(6-9)16-12-17-13(8-18-12)3-1-2-4-13/h5-7H,1-4,8H2,(H,16,17). The highest BCUT2D eigenvalue weighted by Gasteiger charge is 2.38. The Bertz CT molecular complexity index is 476. The Morgan fingerprint density at radius 2 is 1.78 bits per heavy atom. The van der Waals surface area contributed by atoms with Crippen LogP contribution in [-0.4, -0.2) is 16.5 Å². The molecule has 1 N–H and O–H groups in total. The quantitative estimate of drug-likeness (QED) is 0.838. The molecular weight excluding hydrogens is 254 g/mol. The van der Waals surface area contributed by atoms with Crippen LogP contribution in [0, 0.1) is 11.6 Å². The smallest absolute Gasteiger partial charge is 0.161 e. The molecule has 0 saturated heterocycles. The third kappa shape index (κ3) is 2.36. The zero-order valence-electron chi connectivity index (χ0n) is 9.88. The molecule has 1 saturated carbocycles. The van der Waals surface area contributed by atoms with Crippen molar-refractivity contribution in [3.8, 4) is 0 Å². The summed E-state index contributed by atoms with van der Waals surface area (Å²) in [6.45, 7) is 0. The molecule has 96 valence electrons. The van der Waals surface area contributed by atoms with Crippen LogP contribution in [0.15, 0.2) is 23.2 Å². The van der Waals surface area contributed by atoms with E-state index in [0.29, 0.717) is 5.69 Å². The first kappa shape index (κ1) is 12.0. The molecule has 5 heteroatoms. The van der Waals surface area contributed by atoms with Crippen molar-refractivity contribution in [1.29, 1.82) is 0 Å². The highest BCUT2D eigenvalue weighted by molar-refractivity contribution is 8.14. The normalized spacial score (nSPS) is 21.3. The van der Waals surface area contributed by atoms with Gasteiger partial charge in [0.1, 0.15) is 11.6 Å². The fourth-order valence-electron chi connectivity index (χ4n) is 2.59. The van der Waals surface area contributed by atoms with Crippen molar-refractivity contribution in [3.63, 3.8) is 0 Å². The molecule has 0 atom stereocenters. The van der Waals surface area contributed by atoms with Crippen LogP contribution in [0.1, 0.15) is 25.7 Å². The summed E-state index contributed by atoms with van der Waals surface area (Å²) in [5.41, 5.74) is 0.507. The maximum atomic E-state index is 13.1. The summed E-state index contributed by atoms with van der Waals surface area (Å²) in [5, 5.41) is 3.79. The molecule has 1 spiro atoms. The lowest BCUT2D eigenvalue weighted by Crippen LogP contribution is -2.21. The van der Waals surface area contributed by atoms with Gasteiger partial charge in [-0.25, -0.2) is 8.78 Å². The number of rotatable bonds is 1. The third-order valence-corrected chi connectivity index (χ3v) is 4.61. The predicted octanol–water partition coefficient (Wildman–Crippen LogP) is 3.79. The van der Waals surface area contributed by atoms with E-state index in [-0.39, 0.29) is 5.54 Å². The number of nitrogens with one attached hydrogen (secondary N) is 1.